The molecule has 4 nitrogen and oxygen atoms in total. The Bertz CT molecular complexity index is 686. The number of hydrogen-bond acceptors (Lipinski definition) is 3. The number of methoxy groups -OCH3 is 1. The highest BCUT2D eigenvalue weighted by Crippen LogP contribution is 2.16. The van der Waals surface area contributed by atoms with E-state index in [-0.39, 0.29) is 0 Å². The van der Waals surface area contributed by atoms with Crippen molar-refractivity contribution in [1.29, 1.82) is 0 Å². The second-order valence-corrected chi connectivity index (χ2v) is 5.83. The average molecular weight is 378 g/mol. The van der Waals surface area contributed by atoms with E-state index < -0.39 is 0 Å². The second-order valence-electron chi connectivity index (χ2n) is 4.50. The van der Waals surface area contributed by atoms with Crippen molar-refractivity contribution in [3.63, 3.8) is 0 Å². The Hall–Kier alpha value is -1.92. The van der Waals surface area contributed by atoms with Gasteiger partial charge in [0.2, 0.25) is 0 Å². The molecule has 0 saturated heterocycles. The molecule has 0 unspecified atom stereocenters. The molecule has 114 valence electrons. The molecule has 0 aliphatic heterocycles. The molecule has 0 saturated carbocycles. The summed E-state index contributed by atoms with van der Waals surface area (Å²) in [7, 11) is 1.63. The lowest BCUT2D eigenvalue weighted by Gasteiger charge is -2.09. The standard InChI is InChI=1S/C16H16BrN3OS/c1-11(12-6-8-13(17)9-7-12)19-20-16(22)18-14-4-3-5-15(10-14)21-2/h3-10H,1-2H3,(H2,18,20,22)/b19-11+. The van der Waals surface area contributed by atoms with Crippen molar-refractivity contribution >= 4 is 44.7 Å². The van der Waals surface area contributed by atoms with Crippen molar-refractivity contribution in [2.75, 3.05) is 12.4 Å². The van der Waals surface area contributed by atoms with Gasteiger partial charge in [0.15, 0.2) is 5.11 Å². The molecule has 6 heteroatoms. The number of thiocarbonyl (C=S) groups is 1. The summed E-state index contributed by atoms with van der Waals surface area (Å²) in [5.74, 6) is 0.766. The first-order valence-electron chi connectivity index (χ1n) is 6.60. The lowest BCUT2D eigenvalue weighted by molar-refractivity contribution is 0.415. The first-order valence-corrected chi connectivity index (χ1v) is 7.80. The zero-order valence-electron chi connectivity index (χ0n) is 12.3. The van der Waals surface area contributed by atoms with Crippen LogP contribution in [0.1, 0.15) is 12.5 Å². The minimum absolute atomic E-state index is 0.421. The average Bonchev–Trinajstić information content (AvgIpc) is 2.53. The van der Waals surface area contributed by atoms with Crippen LogP contribution in [0, 0.1) is 0 Å². The van der Waals surface area contributed by atoms with E-state index in [1.807, 2.05) is 55.5 Å². The summed E-state index contributed by atoms with van der Waals surface area (Å²) in [6.07, 6.45) is 0. The van der Waals surface area contributed by atoms with E-state index in [0.29, 0.717) is 5.11 Å². The Morgan fingerprint density at radius 3 is 2.59 bits per heavy atom. The number of benzene rings is 2. The van der Waals surface area contributed by atoms with Gasteiger partial charge in [-0.15, -0.1) is 0 Å². The maximum absolute atomic E-state index is 5.23. The van der Waals surface area contributed by atoms with Crippen molar-refractivity contribution in [3.05, 3.63) is 58.6 Å². The van der Waals surface area contributed by atoms with E-state index >= 15 is 0 Å². The Morgan fingerprint density at radius 2 is 1.91 bits per heavy atom. The molecule has 0 aliphatic rings. The molecule has 2 rings (SSSR count). The number of ether oxygens (including phenoxy) is 1. The lowest BCUT2D eigenvalue weighted by atomic mass is 10.1. The number of rotatable bonds is 4. The zero-order chi connectivity index (χ0) is 15.9. The summed E-state index contributed by atoms with van der Waals surface area (Å²) in [5, 5.41) is 7.76. The summed E-state index contributed by atoms with van der Waals surface area (Å²) in [4.78, 5) is 0. The maximum Gasteiger partial charge on any atom is 0.191 e. The molecule has 0 aliphatic carbocycles. The van der Waals surface area contributed by atoms with Crippen LogP contribution >= 0.6 is 28.1 Å². The number of nitrogens with zero attached hydrogens (tertiary/aromatic N) is 1. The van der Waals surface area contributed by atoms with Crippen LogP contribution in [0.25, 0.3) is 0 Å². The van der Waals surface area contributed by atoms with Gasteiger partial charge >= 0.3 is 0 Å². The van der Waals surface area contributed by atoms with Crippen LogP contribution < -0.4 is 15.5 Å². The normalized spacial score (nSPS) is 11.0. The molecule has 0 atom stereocenters. The minimum Gasteiger partial charge on any atom is -0.497 e. The Morgan fingerprint density at radius 1 is 1.18 bits per heavy atom. The van der Waals surface area contributed by atoms with Crippen LogP contribution in [-0.2, 0) is 0 Å². The molecule has 2 N–H and O–H groups in total. The van der Waals surface area contributed by atoms with Gasteiger partial charge in [-0.2, -0.15) is 5.10 Å². The summed E-state index contributed by atoms with van der Waals surface area (Å²) >= 11 is 8.64. The van der Waals surface area contributed by atoms with Crippen molar-refractivity contribution in [1.82, 2.24) is 5.43 Å². The second kappa shape index (κ2) is 7.91. The molecule has 0 heterocycles. The number of hydrogen-bond donors (Lipinski definition) is 2. The summed E-state index contributed by atoms with van der Waals surface area (Å²) in [6.45, 7) is 1.92. The van der Waals surface area contributed by atoms with Crippen molar-refractivity contribution in [2.24, 2.45) is 5.10 Å². The van der Waals surface area contributed by atoms with Crippen LogP contribution in [0.15, 0.2) is 58.1 Å². The number of nitrogens with one attached hydrogen (secondary N) is 2. The van der Waals surface area contributed by atoms with Gasteiger partial charge in [0.25, 0.3) is 0 Å². The van der Waals surface area contributed by atoms with Gasteiger partial charge in [-0.3, -0.25) is 5.43 Å². The molecular formula is C16H16BrN3OS. The zero-order valence-corrected chi connectivity index (χ0v) is 14.7. The third-order valence-corrected chi connectivity index (χ3v) is 3.64. The predicted octanol–water partition coefficient (Wildman–Crippen LogP) is 4.17. The molecular weight excluding hydrogens is 362 g/mol. The van der Waals surface area contributed by atoms with E-state index in [9.17, 15) is 0 Å². The third-order valence-electron chi connectivity index (χ3n) is 2.91. The number of hydrazone groups is 1. The minimum atomic E-state index is 0.421. The van der Waals surface area contributed by atoms with Gasteiger partial charge < -0.3 is 10.1 Å². The topological polar surface area (TPSA) is 45.6 Å². The van der Waals surface area contributed by atoms with Gasteiger partial charge in [0.1, 0.15) is 5.75 Å². The molecule has 0 bridgehead atoms. The highest BCUT2D eigenvalue weighted by molar-refractivity contribution is 9.10. The van der Waals surface area contributed by atoms with Crippen LogP contribution in [0.4, 0.5) is 5.69 Å². The Kier molecular flexibility index (Phi) is 5.91. The molecule has 22 heavy (non-hydrogen) atoms. The van der Waals surface area contributed by atoms with Crippen LogP contribution in [0.5, 0.6) is 5.75 Å². The van der Waals surface area contributed by atoms with Crippen LogP contribution in [-0.4, -0.2) is 17.9 Å². The number of anilines is 1. The van der Waals surface area contributed by atoms with Gasteiger partial charge in [-0.1, -0.05) is 34.1 Å². The lowest BCUT2D eigenvalue weighted by Crippen LogP contribution is -2.24. The van der Waals surface area contributed by atoms with Gasteiger partial charge in [-0.25, -0.2) is 0 Å². The fourth-order valence-electron chi connectivity index (χ4n) is 1.75. The smallest absolute Gasteiger partial charge is 0.191 e. The summed E-state index contributed by atoms with van der Waals surface area (Å²) in [5.41, 5.74) is 5.56. The van der Waals surface area contributed by atoms with E-state index in [1.54, 1.807) is 7.11 Å². The molecule has 0 aromatic heterocycles. The highest BCUT2D eigenvalue weighted by Gasteiger charge is 2.00. The Balaban J connectivity index is 1.96. The summed E-state index contributed by atoms with van der Waals surface area (Å²) in [6, 6.07) is 15.5. The molecule has 2 aromatic rings. The number of halogens is 1. The SMILES string of the molecule is COc1cccc(NC(=S)N/N=C(\C)c2ccc(Br)cc2)c1. The van der Waals surface area contributed by atoms with Crippen LogP contribution in [0.2, 0.25) is 0 Å². The predicted molar refractivity (Wildman–Crippen MR) is 98.7 cm³/mol. The molecule has 0 fully saturated rings. The van der Waals surface area contributed by atoms with Crippen molar-refractivity contribution in [2.45, 2.75) is 6.92 Å². The van der Waals surface area contributed by atoms with E-state index in [2.05, 4.69) is 31.8 Å². The van der Waals surface area contributed by atoms with Crippen LogP contribution in [0.3, 0.4) is 0 Å². The molecule has 0 amide bonds. The van der Waals surface area contributed by atoms with Crippen molar-refractivity contribution < 1.29 is 4.74 Å². The fraction of sp³-hybridized carbons (Fsp3) is 0.125. The van der Waals surface area contributed by atoms with E-state index in [0.717, 1.165) is 27.2 Å². The highest BCUT2D eigenvalue weighted by atomic mass is 79.9. The first-order chi connectivity index (χ1) is 10.6. The first kappa shape index (κ1) is 16.5. The van der Waals surface area contributed by atoms with Gasteiger partial charge in [-0.05, 0) is 49.0 Å². The van der Waals surface area contributed by atoms with Gasteiger partial charge in [0, 0.05) is 16.2 Å². The fourth-order valence-corrected chi connectivity index (χ4v) is 2.18. The third kappa shape index (κ3) is 4.82. The maximum atomic E-state index is 5.23. The van der Waals surface area contributed by atoms with Gasteiger partial charge in [0.05, 0.1) is 12.8 Å². The quantitative estimate of drug-likeness (QED) is 0.476. The van der Waals surface area contributed by atoms with Crippen molar-refractivity contribution in [3.8, 4) is 5.75 Å². The molecule has 0 radical (unpaired) electrons. The molecule has 0 spiro atoms. The largest absolute Gasteiger partial charge is 0.497 e. The molecule has 2 aromatic carbocycles. The van der Waals surface area contributed by atoms with E-state index in [1.165, 1.54) is 0 Å². The van der Waals surface area contributed by atoms with E-state index in [4.69, 9.17) is 17.0 Å². The monoisotopic (exact) mass is 377 g/mol. The Labute approximate surface area is 143 Å². The summed E-state index contributed by atoms with van der Waals surface area (Å²) < 4.78 is 6.20.